The van der Waals surface area contributed by atoms with Crippen molar-refractivity contribution in [3.63, 3.8) is 0 Å². The fourth-order valence-corrected chi connectivity index (χ4v) is 3.69. The number of halogens is 2. The number of aromatic nitrogens is 2. The molecule has 0 bridgehead atoms. The predicted octanol–water partition coefficient (Wildman–Crippen LogP) is 6.95. The van der Waals surface area contributed by atoms with Crippen molar-refractivity contribution in [3.8, 4) is 11.5 Å². The van der Waals surface area contributed by atoms with Crippen molar-refractivity contribution in [1.29, 1.82) is 0 Å². The van der Waals surface area contributed by atoms with Gasteiger partial charge < -0.3 is 14.0 Å². The van der Waals surface area contributed by atoms with Crippen LogP contribution in [0.1, 0.15) is 25.3 Å². The van der Waals surface area contributed by atoms with E-state index in [1.807, 2.05) is 73.7 Å². The van der Waals surface area contributed by atoms with Crippen molar-refractivity contribution in [3.05, 3.63) is 88.7 Å². The SMILES string of the molecule is CC(Oc1ccc(Cl)cc1)c1nc2ccccc2n1CCCOc1ccccc1Cl. The van der Waals surface area contributed by atoms with E-state index in [4.69, 9.17) is 37.7 Å². The number of fused-ring (bicyclic) bond motifs is 1. The van der Waals surface area contributed by atoms with Gasteiger partial charge in [-0.1, -0.05) is 47.5 Å². The van der Waals surface area contributed by atoms with Gasteiger partial charge >= 0.3 is 0 Å². The molecule has 0 aliphatic carbocycles. The lowest BCUT2D eigenvalue weighted by Gasteiger charge is -2.17. The quantitative estimate of drug-likeness (QED) is 0.278. The fraction of sp³-hybridized carbons (Fsp3) is 0.208. The molecule has 0 amide bonds. The summed E-state index contributed by atoms with van der Waals surface area (Å²) in [6.07, 6.45) is 0.592. The molecule has 0 N–H and O–H groups in total. The summed E-state index contributed by atoms with van der Waals surface area (Å²) in [5, 5.41) is 1.30. The fourth-order valence-electron chi connectivity index (χ4n) is 3.38. The number of imidazole rings is 1. The summed E-state index contributed by atoms with van der Waals surface area (Å²) < 4.78 is 14.2. The minimum absolute atomic E-state index is 0.219. The number of hydrogen-bond acceptors (Lipinski definition) is 3. The van der Waals surface area contributed by atoms with Gasteiger partial charge in [0.2, 0.25) is 0 Å². The molecule has 0 aliphatic heterocycles. The Morgan fingerprint density at radius 3 is 2.47 bits per heavy atom. The summed E-state index contributed by atoms with van der Waals surface area (Å²) in [7, 11) is 0. The van der Waals surface area contributed by atoms with Gasteiger partial charge in [0, 0.05) is 11.6 Å². The third-order valence-electron chi connectivity index (χ3n) is 4.79. The zero-order chi connectivity index (χ0) is 20.9. The van der Waals surface area contributed by atoms with Gasteiger partial charge in [0.1, 0.15) is 11.5 Å². The summed E-state index contributed by atoms with van der Waals surface area (Å²) in [5.41, 5.74) is 2.03. The standard InChI is InChI=1S/C24H22Cl2N2O2/c1-17(30-19-13-11-18(25)12-14-19)24-27-21-8-3-4-9-22(21)28(24)15-6-16-29-23-10-5-2-7-20(23)26/h2-5,7-14,17H,6,15-16H2,1H3. The largest absolute Gasteiger partial charge is 0.492 e. The van der Waals surface area contributed by atoms with Gasteiger partial charge in [0.25, 0.3) is 0 Å². The Balaban J connectivity index is 1.49. The van der Waals surface area contributed by atoms with Crippen LogP contribution in [0.5, 0.6) is 11.5 Å². The monoisotopic (exact) mass is 440 g/mol. The minimum Gasteiger partial charge on any atom is -0.492 e. The first kappa shape index (κ1) is 20.6. The van der Waals surface area contributed by atoms with Gasteiger partial charge in [-0.05, 0) is 61.9 Å². The number of benzene rings is 3. The Labute approximate surface area is 186 Å². The molecule has 4 rings (SSSR count). The maximum absolute atomic E-state index is 6.17. The first-order valence-electron chi connectivity index (χ1n) is 9.86. The first-order chi connectivity index (χ1) is 14.6. The number of para-hydroxylation sites is 3. The molecule has 4 aromatic rings. The molecule has 30 heavy (non-hydrogen) atoms. The number of hydrogen-bond donors (Lipinski definition) is 0. The van der Waals surface area contributed by atoms with Crippen molar-refractivity contribution >= 4 is 34.2 Å². The van der Waals surface area contributed by atoms with Crippen LogP contribution in [-0.2, 0) is 6.54 Å². The van der Waals surface area contributed by atoms with Crippen LogP contribution in [0.2, 0.25) is 10.0 Å². The molecule has 3 aromatic carbocycles. The highest BCUT2D eigenvalue weighted by Gasteiger charge is 2.18. The molecular formula is C24H22Cl2N2O2. The molecule has 1 heterocycles. The van der Waals surface area contributed by atoms with Crippen molar-refractivity contribution < 1.29 is 9.47 Å². The Morgan fingerprint density at radius 2 is 1.67 bits per heavy atom. The molecule has 0 aliphatic rings. The van der Waals surface area contributed by atoms with Gasteiger partial charge in [-0.15, -0.1) is 0 Å². The van der Waals surface area contributed by atoms with E-state index in [-0.39, 0.29) is 6.10 Å². The topological polar surface area (TPSA) is 36.3 Å². The first-order valence-corrected chi connectivity index (χ1v) is 10.6. The average molecular weight is 441 g/mol. The van der Waals surface area contributed by atoms with Gasteiger partial charge in [0.05, 0.1) is 22.7 Å². The highest BCUT2D eigenvalue weighted by atomic mass is 35.5. The molecule has 0 radical (unpaired) electrons. The molecule has 4 nitrogen and oxygen atoms in total. The molecule has 0 saturated carbocycles. The lowest BCUT2D eigenvalue weighted by atomic mass is 10.3. The van der Waals surface area contributed by atoms with E-state index in [1.54, 1.807) is 0 Å². The maximum atomic E-state index is 6.17. The van der Waals surface area contributed by atoms with Crippen LogP contribution in [0.15, 0.2) is 72.8 Å². The van der Waals surface area contributed by atoms with Gasteiger partial charge in [-0.2, -0.15) is 0 Å². The smallest absolute Gasteiger partial charge is 0.153 e. The van der Waals surface area contributed by atoms with Crippen LogP contribution in [-0.4, -0.2) is 16.2 Å². The molecule has 0 fully saturated rings. The predicted molar refractivity (Wildman–Crippen MR) is 122 cm³/mol. The third-order valence-corrected chi connectivity index (χ3v) is 5.36. The number of ether oxygens (including phenoxy) is 2. The maximum Gasteiger partial charge on any atom is 0.153 e. The zero-order valence-electron chi connectivity index (χ0n) is 16.6. The van der Waals surface area contributed by atoms with Crippen LogP contribution in [0, 0.1) is 0 Å². The average Bonchev–Trinajstić information content (AvgIpc) is 3.13. The normalized spacial score (nSPS) is 12.1. The van der Waals surface area contributed by atoms with Gasteiger partial charge in [-0.3, -0.25) is 0 Å². The summed E-state index contributed by atoms with van der Waals surface area (Å²) in [6, 6.07) is 23.0. The second kappa shape index (κ2) is 9.41. The minimum atomic E-state index is -0.219. The van der Waals surface area contributed by atoms with Gasteiger partial charge in [0.15, 0.2) is 11.9 Å². The molecule has 1 atom stereocenters. The Bertz CT molecular complexity index is 1130. The highest BCUT2D eigenvalue weighted by Crippen LogP contribution is 2.27. The number of aryl methyl sites for hydroxylation is 1. The van der Waals surface area contributed by atoms with Crippen molar-refractivity contribution in [2.24, 2.45) is 0 Å². The second-order valence-electron chi connectivity index (χ2n) is 6.96. The Kier molecular flexibility index (Phi) is 6.46. The summed E-state index contributed by atoms with van der Waals surface area (Å²) in [6.45, 7) is 3.32. The van der Waals surface area contributed by atoms with Crippen LogP contribution >= 0.6 is 23.2 Å². The summed E-state index contributed by atoms with van der Waals surface area (Å²) in [4.78, 5) is 4.83. The van der Waals surface area contributed by atoms with E-state index in [2.05, 4.69) is 10.6 Å². The highest BCUT2D eigenvalue weighted by molar-refractivity contribution is 6.32. The molecule has 0 saturated heterocycles. The molecule has 1 aromatic heterocycles. The summed E-state index contributed by atoms with van der Waals surface area (Å²) in [5.74, 6) is 2.34. The number of nitrogens with zero attached hydrogens (tertiary/aromatic N) is 2. The van der Waals surface area contributed by atoms with E-state index >= 15 is 0 Å². The van der Waals surface area contributed by atoms with Crippen LogP contribution in [0.4, 0.5) is 0 Å². The molecular weight excluding hydrogens is 419 g/mol. The van der Waals surface area contributed by atoms with Crippen LogP contribution in [0.3, 0.4) is 0 Å². The van der Waals surface area contributed by atoms with Crippen molar-refractivity contribution in [2.45, 2.75) is 26.0 Å². The summed E-state index contributed by atoms with van der Waals surface area (Å²) >= 11 is 12.1. The van der Waals surface area contributed by atoms with Gasteiger partial charge in [-0.25, -0.2) is 4.98 Å². The number of rotatable bonds is 8. The Hall–Kier alpha value is -2.69. The molecule has 6 heteroatoms. The molecule has 1 unspecified atom stereocenters. The molecule has 154 valence electrons. The van der Waals surface area contributed by atoms with E-state index in [1.165, 1.54) is 0 Å². The van der Waals surface area contributed by atoms with E-state index in [0.717, 1.165) is 35.6 Å². The van der Waals surface area contributed by atoms with Crippen LogP contribution in [0.25, 0.3) is 11.0 Å². The lowest BCUT2D eigenvalue weighted by molar-refractivity contribution is 0.210. The lowest BCUT2D eigenvalue weighted by Crippen LogP contribution is -2.13. The van der Waals surface area contributed by atoms with E-state index in [9.17, 15) is 0 Å². The second-order valence-corrected chi connectivity index (χ2v) is 7.80. The van der Waals surface area contributed by atoms with E-state index in [0.29, 0.717) is 22.4 Å². The van der Waals surface area contributed by atoms with Crippen molar-refractivity contribution in [1.82, 2.24) is 9.55 Å². The zero-order valence-corrected chi connectivity index (χ0v) is 18.1. The molecule has 0 spiro atoms. The van der Waals surface area contributed by atoms with Crippen LogP contribution < -0.4 is 9.47 Å². The Morgan fingerprint density at radius 1 is 0.933 bits per heavy atom. The third kappa shape index (κ3) is 4.72. The van der Waals surface area contributed by atoms with Crippen molar-refractivity contribution in [2.75, 3.05) is 6.61 Å². The van der Waals surface area contributed by atoms with E-state index < -0.39 is 0 Å².